The van der Waals surface area contributed by atoms with Crippen molar-refractivity contribution in [3.8, 4) is 0 Å². The smallest absolute Gasteiger partial charge is 0.220 e. The van der Waals surface area contributed by atoms with Crippen molar-refractivity contribution in [2.45, 2.75) is 325 Å². The lowest BCUT2D eigenvalue weighted by Gasteiger charge is -2.46. The van der Waals surface area contributed by atoms with Gasteiger partial charge in [-0.1, -0.05) is 264 Å². The van der Waals surface area contributed by atoms with E-state index in [1.165, 1.54) is 141 Å². The van der Waals surface area contributed by atoms with Gasteiger partial charge in [0, 0.05) is 6.42 Å². The van der Waals surface area contributed by atoms with Crippen molar-refractivity contribution in [1.82, 2.24) is 5.32 Å². The van der Waals surface area contributed by atoms with Gasteiger partial charge >= 0.3 is 0 Å². The summed E-state index contributed by atoms with van der Waals surface area (Å²) >= 11 is 0. The molecule has 1 amide bonds. The van der Waals surface area contributed by atoms with Crippen LogP contribution >= 0.6 is 0 Å². The number of hydrogen-bond acceptors (Lipinski definition) is 13. The predicted molar refractivity (Wildman–Crippen MR) is 355 cm³/mol. The van der Waals surface area contributed by atoms with E-state index in [0.29, 0.717) is 12.8 Å². The predicted octanol–water partition coefficient (Wildman–Crippen LogP) is 14.0. The monoisotopic (exact) mass is 1220 g/mol. The second-order valence-electron chi connectivity index (χ2n) is 23.9. The molecule has 0 saturated carbocycles. The van der Waals surface area contributed by atoms with Gasteiger partial charge in [-0.2, -0.15) is 0 Å². The van der Waals surface area contributed by atoms with Crippen LogP contribution in [0.15, 0.2) is 109 Å². The Morgan fingerprint density at radius 3 is 1.26 bits per heavy atom. The van der Waals surface area contributed by atoms with Crippen molar-refractivity contribution in [3.05, 3.63) is 109 Å². The van der Waals surface area contributed by atoms with Crippen molar-refractivity contribution in [1.29, 1.82) is 0 Å². The highest BCUT2D eigenvalue weighted by molar-refractivity contribution is 5.76. The molecule has 12 unspecified atom stereocenters. The highest BCUT2D eigenvalue weighted by Gasteiger charge is 2.51. The molecular weight excluding hydrogens is 1100 g/mol. The molecule has 2 heterocycles. The van der Waals surface area contributed by atoms with E-state index >= 15 is 0 Å². The highest BCUT2D eigenvalue weighted by atomic mass is 16.7. The number of nitrogens with one attached hydrogen (secondary N) is 1. The van der Waals surface area contributed by atoms with Crippen molar-refractivity contribution >= 4 is 5.91 Å². The van der Waals surface area contributed by atoms with Gasteiger partial charge in [-0.25, -0.2) is 0 Å². The maximum atomic E-state index is 13.3. The molecule has 0 aliphatic carbocycles. The molecule has 14 heteroatoms. The van der Waals surface area contributed by atoms with Crippen molar-refractivity contribution in [3.63, 3.8) is 0 Å². The maximum absolute atomic E-state index is 13.3. The fraction of sp³-hybridized carbons (Fsp3) is 0.740. The summed E-state index contributed by atoms with van der Waals surface area (Å²) in [6.07, 6.45) is 64.6. The first-order valence-electron chi connectivity index (χ1n) is 34.6. The van der Waals surface area contributed by atoms with E-state index in [2.05, 4.69) is 116 Å². The van der Waals surface area contributed by atoms with E-state index in [1.54, 1.807) is 6.08 Å². The molecule has 2 aliphatic heterocycles. The van der Waals surface area contributed by atoms with Gasteiger partial charge in [0.05, 0.1) is 32.0 Å². The Labute approximate surface area is 527 Å². The molecule has 0 aromatic rings. The van der Waals surface area contributed by atoms with Crippen LogP contribution in [0.1, 0.15) is 251 Å². The van der Waals surface area contributed by atoms with Crippen LogP contribution in [0.25, 0.3) is 0 Å². The van der Waals surface area contributed by atoms with Gasteiger partial charge in [0.15, 0.2) is 12.6 Å². The molecule has 0 bridgehead atoms. The number of amides is 1. The molecule has 0 spiro atoms. The Bertz CT molecular complexity index is 1880. The lowest BCUT2D eigenvalue weighted by molar-refractivity contribution is -0.359. The van der Waals surface area contributed by atoms with E-state index < -0.39 is 86.8 Å². The highest BCUT2D eigenvalue weighted by Crippen LogP contribution is 2.30. The van der Waals surface area contributed by atoms with Gasteiger partial charge in [0.2, 0.25) is 5.91 Å². The zero-order valence-corrected chi connectivity index (χ0v) is 54.2. The van der Waals surface area contributed by atoms with Crippen LogP contribution in [0.5, 0.6) is 0 Å². The van der Waals surface area contributed by atoms with Crippen LogP contribution in [-0.4, -0.2) is 140 Å². The molecular formula is C73H125NO13. The first kappa shape index (κ1) is 79.7. The summed E-state index contributed by atoms with van der Waals surface area (Å²) in [5, 5.41) is 87.1. The molecule has 0 aromatic carbocycles. The molecule has 2 aliphatic rings. The summed E-state index contributed by atoms with van der Waals surface area (Å²) in [5.41, 5.74) is 0. The average molecular weight is 1220 g/mol. The molecule has 9 N–H and O–H groups in total. The normalized spacial score (nSPS) is 24.0. The minimum Gasteiger partial charge on any atom is -0.394 e. The minimum absolute atomic E-state index is 0.251. The van der Waals surface area contributed by atoms with Crippen LogP contribution in [0.4, 0.5) is 0 Å². The Hall–Kier alpha value is -3.35. The molecule has 14 nitrogen and oxygen atoms in total. The molecule has 0 aromatic heterocycles. The van der Waals surface area contributed by atoms with Crippen LogP contribution in [-0.2, 0) is 23.7 Å². The average Bonchev–Trinajstić information content (AvgIpc) is 2.31. The fourth-order valence-electron chi connectivity index (χ4n) is 10.7. The second kappa shape index (κ2) is 56.6. The Kier molecular flexibility index (Phi) is 51.9. The quantitative estimate of drug-likeness (QED) is 0.0204. The second-order valence-corrected chi connectivity index (χ2v) is 23.9. The third kappa shape index (κ3) is 40.9. The van der Waals surface area contributed by atoms with Crippen LogP contribution in [0.3, 0.4) is 0 Å². The lowest BCUT2D eigenvalue weighted by atomic mass is 9.97. The van der Waals surface area contributed by atoms with Gasteiger partial charge < -0.3 is 65.1 Å². The molecule has 12 atom stereocenters. The third-order valence-electron chi connectivity index (χ3n) is 16.2. The summed E-state index contributed by atoms with van der Waals surface area (Å²) in [7, 11) is 0. The number of ether oxygens (including phenoxy) is 4. The first-order valence-corrected chi connectivity index (χ1v) is 34.6. The number of carbonyl (C=O) groups excluding carboxylic acids is 1. The van der Waals surface area contributed by atoms with Gasteiger partial charge in [-0.15, -0.1) is 0 Å². The fourth-order valence-corrected chi connectivity index (χ4v) is 10.7. The summed E-state index contributed by atoms with van der Waals surface area (Å²) in [5.74, 6) is -0.251. The van der Waals surface area contributed by atoms with E-state index in [-0.39, 0.29) is 18.9 Å². The largest absolute Gasteiger partial charge is 0.394 e. The number of aliphatic hydroxyl groups excluding tert-OH is 8. The van der Waals surface area contributed by atoms with E-state index in [4.69, 9.17) is 18.9 Å². The van der Waals surface area contributed by atoms with Gasteiger partial charge in [-0.05, 0) is 89.9 Å². The summed E-state index contributed by atoms with van der Waals surface area (Å²) in [4.78, 5) is 13.3. The van der Waals surface area contributed by atoms with Crippen LogP contribution < -0.4 is 5.32 Å². The third-order valence-corrected chi connectivity index (χ3v) is 16.2. The summed E-state index contributed by atoms with van der Waals surface area (Å²) in [6.45, 7) is 2.64. The van der Waals surface area contributed by atoms with E-state index in [1.807, 2.05) is 6.08 Å². The van der Waals surface area contributed by atoms with E-state index in [9.17, 15) is 45.6 Å². The van der Waals surface area contributed by atoms with Crippen LogP contribution in [0.2, 0.25) is 0 Å². The van der Waals surface area contributed by atoms with Crippen molar-refractivity contribution in [2.24, 2.45) is 0 Å². The topological polar surface area (TPSA) is 228 Å². The lowest BCUT2D eigenvalue weighted by Crippen LogP contribution is -2.65. The zero-order valence-electron chi connectivity index (χ0n) is 54.2. The number of rotatable bonds is 55. The first-order chi connectivity index (χ1) is 42.6. The molecule has 0 radical (unpaired) electrons. The zero-order chi connectivity index (χ0) is 63.1. The molecule has 87 heavy (non-hydrogen) atoms. The Balaban J connectivity index is 1.56. The SMILES string of the molecule is CC/C=C\C/C=C\C/C=C\C/C=C\C/C=C\C/C=C\C/C=C\CCCCCCCCCCCCCCCCCCCCCC(=O)NC(COC1OC(CO)C(OC2OC(CO)C(O)C(O)C2O)C(O)C1O)C(O)/C=C/CC/C=C/CCCCCCCC. The Morgan fingerprint density at radius 2 is 0.805 bits per heavy atom. The van der Waals surface area contributed by atoms with Gasteiger partial charge in [0.25, 0.3) is 0 Å². The number of allylic oxidation sites excluding steroid dienone is 17. The number of hydrogen-bond donors (Lipinski definition) is 9. The number of unbranched alkanes of at least 4 members (excludes halogenated alkanes) is 26. The summed E-state index contributed by atoms with van der Waals surface area (Å²) in [6, 6.07) is -0.934. The maximum Gasteiger partial charge on any atom is 0.220 e. The van der Waals surface area contributed by atoms with E-state index in [0.717, 1.165) is 77.0 Å². The van der Waals surface area contributed by atoms with Crippen molar-refractivity contribution in [2.75, 3.05) is 19.8 Å². The molecule has 500 valence electrons. The standard InChI is InChI=1S/C73H125NO13/c1-3-5-7-9-11-13-15-17-18-19-20-21-22-23-24-25-26-27-28-29-30-31-32-33-34-35-36-37-38-39-40-41-42-43-44-45-47-49-51-53-55-57-65(78)74-61(62(77)56-54-52-50-48-46-16-14-12-10-8-6-4-2)60-84-72-70(83)68(81)71(64(59-76)86-72)87-73-69(82)67(80)66(79)63(58-75)85-73/h5,7,11,13,17-18,20-21,23-24,26-27,29-30,46,48,54,56,61-64,66-73,75-77,79-83H,3-4,6,8-10,12,14-16,19,22,25,28,31-45,47,49-53,55,57-60H2,1-2H3,(H,74,78)/b7-5-,13-11-,18-17-,21-20-,24-23-,27-26-,30-29-,48-46+,56-54+. The summed E-state index contributed by atoms with van der Waals surface area (Å²) < 4.78 is 22.8. The van der Waals surface area contributed by atoms with Crippen LogP contribution in [0, 0.1) is 0 Å². The molecule has 2 saturated heterocycles. The van der Waals surface area contributed by atoms with Gasteiger partial charge in [0.1, 0.15) is 48.8 Å². The molecule has 2 fully saturated rings. The van der Waals surface area contributed by atoms with Crippen molar-refractivity contribution < 1.29 is 64.6 Å². The number of carbonyl (C=O) groups is 1. The van der Waals surface area contributed by atoms with Gasteiger partial charge in [-0.3, -0.25) is 4.79 Å². The number of aliphatic hydroxyl groups is 8. The minimum atomic E-state index is -1.79. The molecule has 2 rings (SSSR count). The Morgan fingerprint density at radius 1 is 0.425 bits per heavy atom.